The molecule has 1 aromatic rings. The molecule has 1 unspecified atom stereocenters. The fourth-order valence-corrected chi connectivity index (χ4v) is 1.16. The molecule has 0 aliphatic carbocycles. The van der Waals surface area contributed by atoms with E-state index in [1.807, 2.05) is 6.92 Å². The Kier molecular flexibility index (Phi) is 4.98. The van der Waals surface area contributed by atoms with Crippen LogP contribution < -0.4 is 10.1 Å². The highest BCUT2D eigenvalue weighted by Crippen LogP contribution is 2.30. The third-order valence-corrected chi connectivity index (χ3v) is 2.06. The van der Waals surface area contributed by atoms with E-state index in [9.17, 15) is 13.2 Å². The fraction of sp³-hybridized carbons (Fsp3) is 0.500. The first-order chi connectivity index (χ1) is 8.86. The lowest BCUT2D eigenvalue weighted by atomic mass is 10.4. The second kappa shape index (κ2) is 6.27. The van der Waals surface area contributed by atoms with Gasteiger partial charge >= 0.3 is 6.18 Å². The molecule has 0 aromatic carbocycles. The Bertz CT molecular complexity index is 468. The summed E-state index contributed by atoms with van der Waals surface area (Å²) in [4.78, 5) is 7.23. The van der Waals surface area contributed by atoms with Crippen LogP contribution in [0.2, 0.25) is 0 Å². The molecule has 1 heterocycles. The van der Waals surface area contributed by atoms with Crippen LogP contribution in [0.5, 0.6) is 5.88 Å². The summed E-state index contributed by atoms with van der Waals surface area (Å²) < 4.78 is 43.1. The monoisotopic (exact) mass is 273 g/mol. The third kappa shape index (κ3) is 4.66. The molecule has 0 aliphatic heterocycles. The van der Waals surface area contributed by atoms with Crippen molar-refractivity contribution in [2.45, 2.75) is 32.5 Å². The number of ether oxygens (including phenoxy) is 1. The van der Waals surface area contributed by atoms with E-state index in [4.69, 9.17) is 11.2 Å². The van der Waals surface area contributed by atoms with Crippen LogP contribution in [0.25, 0.3) is 0 Å². The maximum absolute atomic E-state index is 12.7. The molecule has 0 saturated heterocycles. The van der Waals surface area contributed by atoms with Gasteiger partial charge in [0.05, 0.1) is 0 Å². The van der Waals surface area contributed by atoms with E-state index in [2.05, 4.69) is 21.2 Å². The molecule has 0 fully saturated rings. The molecule has 19 heavy (non-hydrogen) atoms. The number of aromatic nitrogens is 2. The van der Waals surface area contributed by atoms with Crippen molar-refractivity contribution in [3.05, 3.63) is 11.8 Å². The molecule has 1 aromatic heterocycles. The third-order valence-electron chi connectivity index (χ3n) is 2.06. The van der Waals surface area contributed by atoms with Crippen LogP contribution in [0.3, 0.4) is 0 Å². The van der Waals surface area contributed by atoms with Gasteiger partial charge in [-0.25, -0.2) is 4.98 Å². The van der Waals surface area contributed by atoms with Gasteiger partial charge in [-0.05, 0) is 13.3 Å². The van der Waals surface area contributed by atoms with Crippen LogP contribution in [0, 0.1) is 12.3 Å². The predicted molar refractivity (Wildman–Crippen MR) is 64.7 cm³/mol. The molecule has 4 nitrogen and oxygen atoms in total. The molecule has 104 valence electrons. The zero-order valence-corrected chi connectivity index (χ0v) is 10.6. The number of anilines is 1. The maximum Gasteiger partial charge on any atom is 0.433 e. The minimum absolute atomic E-state index is 0.129. The van der Waals surface area contributed by atoms with Crippen LogP contribution >= 0.6 is 0 Å². The predicted octanol–water partition coefficient (Wildman–Crippen LogP) is 2.72. The maximum atomic E-state index is 12.7. The quantitative estimate of drug-likeness (QED) is 0.838. The Balaban J connectivity index is 3.06. The highest BCUT2D eigenvalue weighted by atomic mass is 19.4. The van der Waals surface area contributed by atoms with E-state index in [1.54, 1.807) is 0 Å². The molecule has 0 aliphatic rings. The van der Waals surface area contributed by atoms with Gasteiger partial charge in [0, 0.05) is 12.6 Å². The summed E-state index contributed by atoms with van der Waals surface area (Å²) in [6.45, 7) is 3.87. The van der Waals surface area contributed by atoms with E-state index in [0.717, 1.165) is 12.5 Å². The summed E-state index contributed by atoms with van der Waals surface area (Å²) in [5.41, 5.74) is -1.07. The number of hydrogen-bond donors (Lipinski definition) is 1. The molecular formula is C12H14F3N3O. The first-order valence-electron chi connectivity index (χ1n) is 5.69. The van der Waals surface area contributed by atoms with Crippen molar-refractivity contribution < 1.29 is 17.9 Å². The standard InChI is InChI=1S/C12H14F3N3O/c1-4-6-16-11-17-9(12(13,14)15)7-10(18-11)19-8(3)5-2/h2,7-8H,4,6H2,1,3H3,(H,16,17,18). The van der Waals surface area contributed by atoms with Crippen LogP contribution in [0.15, 0.2) is 6.07 Å². The second-order valence-electron chi connectivity index (χ2n) is 3.77. The molecule has 0 spiro atoms. The highest BCUT2D eigenvalue weighted by molar-refractivity contribution is 5.32. The number of alkyl halides is 3. The minimum Gasteiger partial charge on any atom is -0.461 e. The SMILES string of the molecule is C#CC(C)Oc1cc(C(F)(F)F)nc(NCCC)n1. The van der Waals surface area contributed by atoms with Gasteiger partial charge in [-0.15, -0.1) is 6.42 Å². The van der Waals surface area contributed by atoms with Crippen molar-refractivity contribution in [3.8, 4) is 18.2 Å². The van der Waals surface area contributed by atoms with Crippen molar-refractivity contribution in [1.29, 1.82) is 0 Å². The van der Waals surface area contributed by atoms with Crippen LogP contribution in [-0.4, -0.2) is 22.6 Å². The van der Waals surface area contributed by atoms with E-state index in [-0.39, 0.29) is 11.8 Å². The number of nitrogens with one attached hydrogen (secondary N) is 1. The Labute approximate surface area is 109 Å². The van der Waals surface area contributed by atoms with Gasteiger partial charge in [-0.2, -0.15) is 18.2 Å². The molecule has 0 radical (unpaired) electrons. The van der Waals surface area contributed by atoms with Crippen molar-refractivity contribution in [3.63, 3.8) is 0 Å². The highest BCUT2D eigenvalue weighted by Gasteiger charge is 2.34. The zero-order chi connectivity index (χ0) is 14.5. The van der Waals surface area contributed by atoms with E-state index in [0.29, 0.717) is 6.54 Å². The van der Waals surface area contributed by atoms with Gasteiger partial charge in [-0.3, -0.25) is 0 Å². The first kappa shape index (κ1) is 15.1. The molecule has 1 rings (SSSR count). The van der Waals surface area contributed by atoms with E-state index in [1.165, 1.54) is 6.92 Å². The summed E-state index contributed by atoms with van der Waals surface area (Å²) >= 11 is 0. The fourth-order valence-electron chi connectivity index (χ4n) is 1.16. The average molecular weight is 273 g/mol. The topological polar surface area (TPSA) is 47.0 Å². The Morgan fingerprint density at radius 2 is 2.16 bits per heavy atom. The van der Waals surface area contributed by atoms with Crippen LogP contribution in [0.4, 0.5) is 19.1 Å². The number of terminal acetylenes is 1. The van der Waals surface area contributed by atoms with Crippen molar-refractivity contribution in [2.24, 2.45) is 0 Å². The Morgan fingerprint density at radius 1 is 1.47 bits per heavy atom. The average Bonchev–Trinajstić information content (AvgIpc) is 2.34. The number of nitrogens with zero attached hydrogens (tertiary/aromatic N) is 2. The van der Waals surface area contributed by atoms with Crippen LogP contribution in [-0.2, 0) is 6.18 Å². The summed E-state index contributed by atoms with van der Waals surface area (Å²) in [7, 11) is 0. The van der Waals surface area contributed by atoms with E-state index < -0.39 is 18.0 Å². The number of rotatable bonds is 5. The van der Waals surface area contributed by atoms with Gasteiger partial charge in [0.15, 0.2) is 11.8 Å². The summed E-state index contributed by atoms with van der Waals surface area (Å²) in [5, 5.41) is 2.68. The van der Waals surface area contributed by atoms with Gasteiger partial charge in [-0.1, -0.05) is 12.8 Å². The first-order valence-corrected chi connectivity index (χ1v) is 5.69. The van der Waals surface area contributed by atoms with Gasteiger partial charge in [0.25, 0.3) is 0 Å². The Morgan fingerprint density at radius 3 is 2.68 bits per heavy atom. The largest absolute Gasteiger partial charge is 0.461 e. The smallest absolute Gasteiger partial charge is 0.433 e. The molecule has 0 amide bonds. The minimum atomic E-state index is -4.57. The summed E-state index contributed by atoms with van der Waals surface area (Å²) in [6, 6.07) is 0.727. The summed E-state index contributed by atoms with van der Waals surface area (Å²) in [5.74, 6) is 1.92. The van der Waals surface area contributed by atoms with E-state index >= 15 is 0 Å². The lowest BCUT2D eigenvalue weighted by molar-refractivity contribution is -0.141. The Hall–Kier alpha value is -1.97. The second-order valence-corrected chi connectivity index (χ2v) is 3.77. The number of hydrogen-bond acceptors (Lipinski definition) is 4. The lowest BCUT2D eigenvalue weighted by Gasteiger charge is -2.13. The zero-order valence-electron chi connectivity index (χ0n) is 10.6. The molecule has 0 saturated carbocycles. The molecule has 0 bridgehead atoms. The van der Waals surface area contributed by atoms with Crippen molar-refractivity contribution in [2.75, 3.05) is 11.9 Å². The van der Waals surface area contributed by atoms with Crippen molar-refractivity contribution >= 4 is 5.95 Å². The van der Waals surface area contributed by atoms with Crippen molar-refractivity contribution in [1.82, 2.24) is 9.97 Å². The number of halogens is 3. The normalized spacial score (nSPS) is 12.6. The summed E-state index contributed by atoms with van der Waals surface area (Å²) in [6.07, 6.45) is 0.601. The van der Waals surface area contributed by atoms with Gasteiger partial charge < -0.3 is 10.1 Å². The lowest BCUT2D eigenvalue weighted by Crippen LogP contribution is -2.16. The van der Waals surface area contributed by atoms with Gasteiger partial charge in [0.1, 0.15) is 0 Å². The van der Waals surface area contributed by atoms with Gasteiger partial charge in [0.2, 0.25) is 11.8 Å². The molecular weight excluding hydrogens is 259 g/mol. The molecule has 1 N–H and O–H groups in total. The molecule has 7 heteroatoms. The molecule has 1 atom stereocenters. The van der Waals surface area contributed by atoms with Crippen LogP contribution in [0.1, 0.15) is 26.0 Å².